The monoisotopic (exact) mass is 182 g/mol. The SMILES string of the molecule is Cc1nnc(COC2CNC2)n1C. The van der Waals surface area contributed by atoms with Crippen molar-refractivity contribution in [2.24, 2.45) is 7.05 Å². The van der Waals surface area contributed by atoms with Crippen LogP contribution >= 0.6 is 0 Å². The van der Waals surface area contributed by atoms with Gasteiger partial charge in [0.05, 0.1) is 6.10 Å². The second kappa shape index (κ2) is 3.43. The van der Waals surface area contributed by atoms with Crippen molar-refractivity contribution in [3.05, 3.63) is 11.6 Å². The number of aromatic nitrogens is 3. The Morgan fingerprint density at radius 2 is 2.31 bits per heavy atom. The van der Waals surface area contributed by atoms with E-state index in [-0.39, 0.29) is 0 Å². The van der Waals surface area contributed by atoms with E-state index in [0.717, 1.165) is 24.7 Å². The summed E-state index contributed by atoms with van der Waals surface area (Å²) in [6.45, 7) is 4.40. The Kier molecular flexibility index (Phi) is 2.28. The lowest BCUT2D eigenvalue weighted by Gasteiger charge is -2.26. The molecule has 0 aromatic carbocycles. The van der Waals surface area contributed by atoms with Crippen LogP contribution in [0.15, 0.2) is 0 Å². The smallest absolute Gasteiger partial charge is 0.158 e. The number of ether oxygens (including phenoxy) is 1. The summed E-state index contributed by atoms with van der Waals surface area (Å²) in [7, 11) is 1.95. The third-order valence-electron chi connectivity index (χ3n) is 2.37. The van der Waals surface area contributed by atoms with E-state index in [1.54, 1.807) is 0 Å². The Bertz CT molecular complexity index is 292. The number of hydrogen-bond donors (Lipinski definition) is 1. The van der Waals surface area contributed by atoms with Crippen molar-refractivity contribution in [2.75, 3.05) is 13.1 Å². The Balaban J connectivity index is 1.89. The highest BCUT2D eigenvalue weighted by Gasteiger charge is 2.17. The molecular formula is C8H14N4O. The molecule has 5 nitrogen and oxygen atoms in total. The van der Waals surface area contributed by atoms with Gasteiger partial charge in [-0.05, 0) is 6.92 Å². The molecule has 1 aromatic heterocycles. The van der Waals surface area contributed by atoms with Gasteiger partial charge in [-0.2, -0.15) is 0 Å². The topological polar surface area (TPSA) is 52.0 Å². The normalized spacial score (nSPS) is 17.4. The van der Waals surface area contributed by atoms with Crippen LogP contribution in [0.1, 0.15) is 11.6 Å². The summed E-state index contributed by atoms with van der Waals surface area (Å²) in [5.74, 6) is 1.81. The van der Waals surface area contributed by atoms with E-state index >= 15 is 0 Å². The molecule has 1 aromatic rings. The first-order chi connectivity index (χ1) is 6.27. The van der Waals surface area contributed by atoms with Crippen molar-refractivity contribution in [3.8, 4) is 0 Å². The highest BCUT2D eigenvalue weighted by Crippen LogP contribution is 2.04. The standard InChI is InChI=1S/C8H14N4O/c1-6-10-11-8(12(6)2)5-13-7-3-9-4-7/h7,9H,3-5H2,1-2H3. The maximum atomic E-state index is 5.57. The average molecular weight is 182 g/mol. The van der Waals surface area contributed by atoms with E-state index < -0.39 is 0 Å². The van der Waals surface area contributed by atoms with E-state index in [1.165, 1.54) is 0 Å². The van der Waals surface area contributed by atoms with Crippen molar-refractivity contribution in [3.63, 3.8) is 0 Å². The van der Waals surface area contributed by atoms with Crippen LogP contribution < -0.4 is 5.32 Å². The largest absolute Gasteiger partial charge is 0.368 e. The molecule has 5 heteroatoms. The average Bonchev–Trinajstić information content (AvgIpc) is 2.33. The van der Waals surface area contributed by atoms with Crippen LogP contribution in [0.4, 0.5) is 0 Å². The maximum Gasteiger partial charge on any atom is 0.158 e. The number of nitrogens with zero attached hydrogens (tertiary/aromatic N) is 3. The molecule has 1 N–H and O–H groups in total. The van der Waals surface area contributed by atoms with Gasteiger partial charge in [0, 0.05) is 20.1 Å². The van der Waals surface area contributed by atoms with Crippen molar-refractivity contribution < 1.29 is 4.74 Å². The molecule has 2 heterocycles. The summed E-state index contributed by atoms with van der Waals surface area (Å²) in [5.41, 5.74) is 0. The Morgan fingerprint density at radius 3 is 2.77 bits per heavy atom. The van der Waals surface area contributed by atoms with Crippen molar-refractivity contribution in [1.82, 2.24) is 20.1 Å². The molecule has 1 saturated heterocycles. The van der Waals surface area contributed by atoms with E-state index in [9.17, 15) is 0 Å². The van der Waals surface area contributed by atoms with Crippen LogP contribution in [0.3, 0.4) is 0 Å². The second-order valence-corrected chi connectivity index (χ2v) is 3.31. The van der Waals surface area contributed by atoms with Gasteiger partial charge in [0.1, 0.15) is 12.4 Å². The molecule has 0 aliphatic carbocycles. The fourth-order valence-electron chi connectivity index (χ4n) is 1.15. The van der Waals surface area contributed by atoms with Crippen LogP contribution in [0.5, 0.6) is 0 Å². The van der Waals surface area contributed by atoms with Crippen molar-refractivity contribution in [1.29, 1.82) is 0 Å². The molecule has 1 aliphatic heterocycles. The van der Waals surface area contributed by atoms with Gasteiger partial charge >= 0.3 is 0 Å². The molecule has 0 atom stereocenters. The molecule has 2 rings (SSSR count). The zero-order valence-corrected chi connectivity index (χ0v) is 7.95. The van der Waals surface area contributed by atoms with Gasteiger partial charge in [0.25, 0.3) is 0 Å². The number of rotatable bonds is 3. The summed E-state index contributed by atoms with van der Waals surface area (Å²) < 4.78 is 7.52. The summed E-state index contributed by atoms with van der Waals surface area (Å²) in [5, 5.41) is 11.1. The van der Waals surface area contributed by atoms with Gasteiger partial charge in [0.15, 0.2) is 5.82 Å². The minimum atomic E-state index is 0.358. The highest BCUT2D eigenvalue weighted by atomic mass is 16.5. The zero-order chi connectivity index (χ0) is 9.26. The van der Waals surface area contributed by atoms with E-state index in [1.807, 2.05) is 18.5 Å². The third kappa shape index (κ3) is 1.71. The van der Waals surface area contributed by atoms with Gasteiger partial charge in [-0.15, -0.1) is 10.2 Å². The lowest BCUT2D eigenvalue weighted by atomic mass is 10.2. The molecule has 0 radical (unpaired) electrons. The van der Waals surface area contributed by atoms with Crippen LogP contribution in [-0.2, 0) is 18.4 Å². The quantitative estimate of drug-likeness (QED) is 0.692. The van der Waals surface area contributed by atoms with Gasteiger partial charge in [-0.1, -0.05) is 0 Å². The van der Waals surface area contributed by atoms with E-state index in [2.05, 4.69) is 15.5 Å². The van der Waals surface area contributed by atoms with Crippen LogP contribution in [0, 0.1) is 6.92 Å². The molecule has 1 fully saturated rings. The Hall–Kier alpha value is -0.940. The van der Waals surface area contributed by atoms with Gasteiger partial charge in [-0.25, -0.2) is 0 Å². The fourth-order valence-corrected chi connectivity index (χ4v) is 1.15. The molecule has 13 heavy (non-hydrogen) atoms. The first-order valence-corrected chi connectivity index (χ1v) is 4.44. The summed E-state index contributed by atoms with van der Waals surface area (Å²) in [4.78, 5) is 0. The van der Waals surface area contributed by atoms with Crippen molar-refractivity contribution in [2.45, 2.75) is 19.6 Å². The predicted molar refractivity (Wildman–Crippen MR) is 47.2 cm³/mol. The molecule has 0 amide bonds. The highest BCUT2D eigenvalue weighted by molar-refractivity contribution is 4.91. The molecule has 1 aliphatic rings. The Labute approximate surface area is 77.1 Å². The molecule has 0 unspecified atom stereocenters. The second-order valence-electron chi connectivity index (χ2n) is 3.31. The minimum absolute atomic E-state index is 0.358. The lowest BCUT2D eigenvalue weighted by molar-refractivity contribution is 0.00331. The Morgan fingerprint density at radius 1 is 1.54 bits per heavy atom. The summed E-state index contributed by atoms with van der Waals surface area (Å²) in [6, 6.07) is 0. The van der Waals surface area contributed by atoms with E-state index in [4.69, 9.17) is 4.74 Å². The van der Waals surface area contributed by atoms with E-state index in [0.29, 0.717) is 12.7 Å². The van der Waals surface area contributed by atoms with Gasteiger partial charge < -0.3 is 14.6 Å². The molecule has 0 bridgehead atoms. The number of hydrogen-bond acceptors (Lipinski definition) is 4. The zero-order valence-electron chi connectivity index (χ0n) is 7.95. The minimum Gasteiger partial charge on any atom is -0.368 e. The fraction of sp³-hybridized carbons (Fsp3) is 0.750. The number of nitrogens with one attached hydrogen (secondary N) is 1. The maximum absolute atomic E-state index is 5.57. The van der Waals surface area contributed by atoms with Gasteiger partial charge in [0.2, 0.25) is 0 Å². The summed E-state index contributed by atoms with van der Waals surface area (Å²) >= 11 is 0. The van der Waals surface area contributed by atoms with Crippen molar-refractivity contribution >= 4 is 0 Å². The third-order valence-corrected chi connectivity index (χ3v) is 2.37. The predicted octanol–water partition coefficient (Wildman–Crippen LogP) is -0.388. The first-order valence-electron chi connectivity index (χ1n) is 4.44. The van der Waals surface area contributed by atoms with Crippen LogP contribution in [0.2, 0.25) is 0 Å². The molecule has 0 saturated carbocycles. The lowest BCUT2D eigenvalue weighted by Crippen LogP contribution is -2.48. The van der Waals surface area contributed by atoms with Gasteiger partial charge in [-0.3, -0.25) is 0 Å². The molecule has 72 valence electrons. The first kappa shape index (κ1) is 8.65. The van der Waals surface area contributed by atoms with Crippen LogP contribution in [0.25, 0.3) is 0 Å². The summed E-state index contributed by atoms with van der Waals surface area (Å²) in [6.07, 6.45) is 0.358. The molecular weight excluding hydrogens is 168 g/mol. The number of aryl methyl sites for hydroxylation is 1. The molecule has 0 spiro atoms. The van der Waals surface area contributed by atoms with Crippen LogP contribution in [-0.4, -0.2) is 34.0 Å².